The molecule has 2 aromatic rings. The third-order valence-electron chi connectivity index (χ3n) is 3.49. The first kappa shape index (κ1) is 17.5. The molecule has 122 valence electrons. The van der Waals surface area contributed by atoms with Crippen LogP contribution >= 0.6 is 11.8 Å². The van der Waals surface area contributed by atoms with Gasteiger partial charge in [-0.3, -0.25) is 4.79 Å². The topological polar surface area (TPSA) is 62.2 Å². The van der Waals surface area contributed by atoms with Crippen molar-refractivity contribution in [2.75, 3.05) is 13.2 Å². The Morgan fingerprint density at radius 2 is 1.96 bits per heavy atom. The Morgan fingerprint density at radius 1 is 1.22 bits per heavy atom. The van der Waals surface area contributed by atoms with Gasteiger partial charge < -0.3 is 10.4 Å². The summed E-state index contributed by atoms with van der Waals surface area (Å²) in [6.45, 7) is 4.67. The van der Waals surface area contributed by atoms with Gasteiger partial charge in [-0.2, -0.15) is 0 Å². The Balaban J connectivity index is 2.09. The number of pyridine rings is 1. The van der Waals surface area contributed by atoms with Crippen LogP contribution in [0.25, 0.3) is 0 Å². The second-order valence-electron chi connectivity index (χ2n) is 6.09. The molecular formula is C18H22N2O2S. The zero-order chi connectivity index (χ0) is 16.7. The predicted octanol–water partition coefficient (Wildman–Crippen LogP) is 3.37. The Hall–Kier alpha value is -1.85. The largest absolute Gasteiger partial charge is 0.396 e. The van der Waals surface area contributed by atoms with Crippen LogP contribution in [0.4, 0.5) is 0 Å². The van der Waals surface area contributed by atoms with Crippen LogP contribution in [0.1, 0.15) is 30.6 Å². The average molecular weight is 330 g/mol. The Kier molecular flexibility index (Phi) is 6.19. The molecule has 4 nitrogen and oxygen atoms in total. The van der Waals surface area contributed by atoms with Crippen molar-refractivity contribution in [3.05, 3.63) is 54.2 Å². The van der Waals surface area contributed by atoms with Gasteiger partial charge in [-0.1, -0.05) is 43.8 Å². The molecule has 0 saturated carbocycles. The molecule has 0 unspecified atom stereocenters. The minimum absolute atomic E-state index is 0.116. The first-order valence-corrected chi connectivity index (χ1v) is 8.40. The summed E-state index contributed by atoms with van der Waals surface area (Å²) in [6, 6.07) is 13.4. The molecule has 2 rings (SSSR count). The highest BCUT2D eigenvalue weighted by molar-refractivity contribution is 7.99. The summed E-state index contributed by atoms with van der Waals surface area (Å²) in [7, 11) is 0. The SMILES string of the molecule is CC(C)(CCO)CNC(=O)c1cccnc1Sc1ccccc1. The molecule has 0 atom stereocenters. The van der Waals surface area contributed by atoms with E-state index in [1.54, 1.807) is 18.3 Å². The fourth-order valence-corrected chi connectivity index (χ4v) is 2.95. The highest BCUT2D eigenvalue weighted by atomic mass is 32.2. The van der Waals surface area contributed by atoms with E-state index in [1.165, 1.54) is 11.8 Å². The number of hydrogen-bond acceptors (Lipinski definition) is 4. The molecule has 1 heterocycles. The lowest BCUT2D eigenvalue weighted by Crippen LogP contribution is -2.34. The lowest BCUT2D eigenvalue weighted by Gasteiger charge is -2.24. The Bertz CT molecular complexity index is 644. The molecule has 0 radical (unpaired) electrons. The summed E-state index contributed by atoms with van der Waals surface area (Å²) in [5.74, 6) is -0.137. The summed E-state index contributed by atoms with van der Waals surface area (Å²) >= 11 is 1.47. The van der Waals surface area contributed by atoms with Gasteiger partial charge in [0.2, 0.25) is 0 Å². The molecule has 0 aliphatic heterocycles. The monoisotopic (exact) mass is 330 g/mol. The Morgan fingerprint density at radius 3 is 2.65 bits per heavy atom. The summed E-state index contributed by atoms with van der Waals surface area (Å²) in [5.41, 5.74) is 0.431. The van der Waals surface area contributed by atoms with Crippen LogP contribution in [0.2, 0.25) is 0 Å². The number of aliphatic hydroxyl groups is 1. The summed E-state index contributed by atoms with van der Waals surface area (Å²) in [5, 5.41) is 12.7. The van der Waals surface area contributed by atoms with E-state index in [2.05, 4.69) is 10.3 Å². The van der Waals surface area contributed by atoms with E-state index in [0.717, 1.165) is 4.90 Å². The molecule has 0 aliphatic carbocycles. The van der Waals surface area contributed by atoms with Gasteiger partial charge >= 0.3 is 0 Å². The fourth-order valence-electron chi connectivity index (χ4n) is 2.05. The highest BCUT2D eigenvalue weighted by Crippen LogP contribution is 2.28. The predicted molar refractivity (Wildman–Crippen MR) is 92.6 cm³/mol. The molecule has 1 aromatic heterocycles. The standard InChI is InChI=1S/C18H22N2O2S/c1-18(2,10-12-21)13-20-16(22)15-9-6-11-19-17(15)23-14-7-4-3-5-8-14/h3-9,11,21H,10,12-13H2,1-2H3,(H,20,22). The number of rotatable bonds is 7. The molecule has 5 heteroatoms. The minimum Gasteiger partial charge on any atom is -0.396 e. The minimum atomic E-state index is -0.140. The van der Waals surface area contributed by atoms with Crippen molar-refractivity contribution >= 4 is 17.7 Å². The maximum absolute atomic E-state index is 12.5. The molecule has 1 aromatic carbocycles. The van der Waals surface area contributed by atoms with E-state index in [4.69, 9.17) is 5.11 Å². The highest BCUT2D eigenvalue weighted by Gasteiger charge is 2.20. The van der Waals surface area contributed by atoms with Gasteiger partial charge in [0.15, 0.2) is 0 Å². The normalized spacial score (nSPS) is 11.3. The summed E-state index contributed by atoms with van der Waals surface area (Å²) in [4.78, 5) is 17.9. The van der Waals surface area contributed by atoms with Crippen molar-refractivity contribution in [1.29, 1.82) is 0 Å². The average Bonchev–Trinajstić information content (AvgIpc) is 2.54. The Labute approximate surface area is 141 Å². The molecule has 2 N–H and O–H groups in total. The third-order valence-corrected chi connectivity index (χ3v) is 4.52. The van der Waals surface area contributed by atoms with E-state index < -0.39 is 0 Å². The maximum atomic E-state index is 12.5. The summed E-state index contributed by atoms with van der Waals surface area (Å²) in [6.07, 6.45) is 2.34. The van der Waals surface area contributed by atoms with E-state index in [1.807, 2.05) is 44.2 Å². The molecular weight excluding hydrogens is 308 g/mol. The number of nitrogens with zero attached hydrogens (tertiary/aromatic N) is 1. The van der Waals surface area contributed by atoms with Crippen molar-refractivity contribution in [3.63, 3.8) is 0 Å². The molecule has 0 saturated heterocycles. The van der Waals surface area contributed by atoms with Crippen LogP contribution in [0.15, 0.2) is 58.6 Å². The van der Waals surface area contributed by atoms with Crippen molar-refractivity contribution in [2.24, 2.45) is 5.41 Å². The van der Waals surface area contributed by atoms with E-state index in [-0.39, 0.29) is 17.9 Å². The van der Waals surface area contributed by atoms with Crippen LogP contribution < -0.4 is 5.32 Å². The zero-order valence-corrected chi connectivity index (χ0v) is 14.3. The first-order valence-electron chi connectivity index (χ1n) is 7.59. The number of hydrogen-bond donors (Lipinski definition) is 2. The van der Waals surface area contributed by atoms with E-state index >= 15 is 0 Å². The maximum Gasteiger partial charge on any atom is 0.254 e. The van der Waals surface area contributed by atoms with Crippen molar-refractivity contribution in [2.45, 2.75) is 30.2 Å². The van der Waals surface area contributed by atoms with Gasteiger partial charge in [0, 0.05) is 24.2 Å². The lowest BCUT2D eigenvalue weighted by molar-refractivity contribution is 0.0924. The number of carbonyl (C=O) groups excluding carboxylic acids is 1. The number of benzene rings is 1. The molecule has 1 amide bonds. The van der Waals surface area contributed by atoms with Gasteiger partial charge in [0.05, 0.1) is 5.56 Å². The number of nitrogens with one attached hydrogen (secondary N) is 1. The second-order valence-corrected chi connectivity index (χ2v) is 7.15. The second kappa shape index (κ2) is 8.13. The van der Waals surface area contributed by atoms with Crippen molar-refractivity contribution < 1.29 is 9.90 Å². The van der Waals surface area contributed by atoms with Crippen molar-refractivity contribution in [1.82, 2.24) is 10.3 Å². The van der Waals surface area contributed by atoms with E-state index in [9.17, 15) is 4.79 Å². The van der Waals surface area contributed by atoms with Crippen LogP contribution in [-0.4, -0.2) is 29.1 Å². The fraction of sp³-hybridized carbons (Fsp3) is 0.333. The van der Waals surface area contributed by atoms with E-state index in [0.29, 0.717) is 23.6 Å². The number of aliphatic hydroxyl groups excluding tert-OH is 1. The molecule has 0 aliphatic rings. The van der Waals surface area contributed by atoms with Gasteiger partial charge in [-0.25, -0.2) is 4.98 Å². The number of amides is 1. The smallest absolute Gasteiger partial charge is 0.254 e. The lowest BCUT2D eigenvalue weighted by atomic mass is 9.90. The first-order chi connectivity index (χ1) is 11.0. The quantitative estimate of drug-likeness (QED) is 0.817. The van der Waals surface area contributed by atoms with Crippen LogP contribution in [0.5, 0.6) is 0 Å². The van der Waals surface area contributed by atoms with Crippen LogP contribution in [-0.2, 0) is 0 Å². The molecule has 0 fully saturated rings. The third kappa shape index (κ3) is 5.37. The molecule has 0 bridgehead atoms. The summed E-state index contributed by atoms with van der Waals surface area (Å²) < 4.78 is 0. The number of aromatic nitrogens is 1. The van der Waals surface area contributed by atoms with Gasteiger partial charge in [0.1, 0.15) is 5.03 Å². The number of carbonyl (C=O) groups is 1. The van der Waals surface area contributed by atoms with Gasteiger partial charge in [0.25, 0.3) is 5.91 Å². The molecule has 23 heavy (non-hydrogen) atoms. The van der Waals surface area contributed by atoms with Crippen LogP contribution in [0.3, 0.4) is 0 Å². The zero-order valence-electron chi connectivity index (χ0n) is 13.5. The van der Waals surface area contributed by atoms with Gasteiger partial charge in [-0.05, 0) is 36.1 Å². The molecule has 0 spiro atoms. The van der Waals surface area contributed by atoms with Crippen molar-refractivity contribution in [3.8, 4) is 0 Å². The van der Waals surface area contributed by atoms with Crippen LogP contribution in [0, 0.1) is 5.41 Å². The van der Waals surface area contributed by atoms with Gasteiger partial charge in [-0.15, -0.1) is 0 Å².